The molecule has 3 atom stereocenters. The molecular formula is C18H32O6. The van der Waals surface area contributed by atoms with Gasteiger partial charge in [0.1, 0.15) is 0 Å². The van der Waals surface area contributed by atoms with Crippen molar-refractivity contribution in [3.63, 3.8) is 0 Å². The summed E-state index contributed by atoms with van der Waals surface area (Å²) in [4.78, 5) is 23.8. The third-order valence-electron chi connectivity index (χ3n) is 3.50. The summed E-state index contributed by atoms with van der Waals surface area (Å²) in [5, 5.41) is 18.8. The molecule has 6 nitrogen and oxygen atoms in total. The number of hydrogen-bond donors (Lipinski definition) is 2. The molecule has 0 saturated carbocycles. The third kappa shape index (κ3) is 11.2. The van der Waals surface area contributed by atoms with Crippen LogP contribution in [0.15, 0.2) is 12.2 Å². The largest absolute Gasteiger partial charge is 0.436 e. The first-order chi connectivity index (χ1) is 11.4. The molecular weight excluding hydrogens is 312 g/mol. The van der Waals surface area contributed by atoms with Crippen LogP contribution in [0.2, 0.25) is 0 Å². The predicted molar refractivity (Wildman–Crippen MR) is 90.8 cm³/mol. The van der Waals surface area contributed by atoms with Crippen molar-refractivity contribution in [2.75, 3.05) is 0 Å². The predicted octanol–water partition coefficient (Wildman–Crippen LogP) is 3.06. The minimum atomic E-state index is -1.18. The van der Waals surface area contributed by atoms with Crippen molar-refractivity contribution < 1.29 is 29.3 Å². The van der Waals surface area contributed by atoms with Gasteiger partial charge < -0.3 is 19.7 Å². The number of unbranched alkanes of at least 4 members (excludes halogenated alkanes) is 4. The molecule has 0 spiro atoms. The maximum absolute atomic E-state index is 12.1. The van der Waals surface area contributed by atoms with Crippen LogP contribution in [0.4, 0.5) is 0 Å². The van der Waals surface area contributed by atoms with Crippen LogP contribution in [0.5, 0.6) is 0 Å². The van der Waals surface area contributed by atoms with Gasteiger partial charge in [0, 0.05) is 12.8 Å². The number of carbonyl (C=O) groups is 2. The Morgan fingerprint density at radius 1 is 0.958 bits per heavy atom. The summed E-state index contributed by atoms with van der Waals surface area (Å²) in [6.07, 6.45) is 6.72. The molecule has 0 aromatic heterocycles. The second-order valence-corrected chi connectivity index (χ2v) is 5.74. The van der Waals surface area contributed by atoms with Crippen LogP contribution in [0.3, 0.4) is 0 Å². The Bertz CT molecular complexity index is 380. The zero-order valence-electron chi connectivity index (χ0n) is 15.1. The fraction of sp³-hybridized carbons (Fsp3) is 0.778. The SMILES string of the molecule is CCCCCC/C=C/C(CC(=O)OC(O)CC)C(=O)OC(O)CC. The van der Waals surface area contributed by atoms with E-state index in [1.54, 1.807) is 19.9 Å². The Kier molecular flexibility index (Phi) is 13.2. The lowest BCUT2D eigenvalue weighted by atomic mass is 10.0. The Balaban J connectivity index is 4.61. The second kappa shape index (κ2) is 14.0. The molecule has 0 aromatic rings. The summed E-state index contributed by atoms with van der Waals surface area (Å²) in [6, 6.07) is 0. The summed E-state index contributed by atoms with van der Waals surface area (Å²) >= 11 is 0. The average molecular weight is 344 g/mol. The highest BCUT2D eigenvalue weighted by molar-refractivity contribution is 5.81. The highest BCUT2D eigenvalue weighted by Crippen LogP contribution is 2.14. The molecule has 0 heterocycles. The molecule has 0 fully saturated rings. The Morgan fingerprint density at radius 3 is 2.17 bits per heavy atom. The van der Waals surface area contributed by atoms with Gasteiger partial charge >= 0.3 is 11.9 Å². The molecule has 0 aliphatic heterocycles. The summed E-state index contributed by atoms with van der Waals surface area (Å²) in [5.41, 5.74) is 0. The van der Waals surface area contributed by atoms with E-state index >= 15 is 0 Å². The van der Waals surface area contributed by atoms with Crippen molar-refractivity contribution in [2.45, 2.75) is 84.7 Å². The van der Waals surface area contributed by atoms with Crippen molar-refractivity contribution in [1.29, 1.82) is 0 Å². The van der Waals surface area contributed by atoms with Crippen LogP contribution in [-0.4, -0.2) is 34.7 Å². The highest BCUT2D eigenvalue weighted by Gasteiger charge is 2.24. The van der Waals surface area contributed by atoms with Gasteiger partial charge in [-0.3, -0.25) is 9.59 Å². The molecule has 0 aliphatic carbocycles. The molecule has 2 N–H and O–H groups in total. The molecule has 0 aromatic carbocycles. The van der Waals surface area contributed by atoms with E-state index in [0.717, 1.165) is 25.7 Å². The number of esters is 2. The van der Waals surface area contributed by atoms with Crippen LogP contribution < -0.4 is 0 Å². The van der Waals surface area contributed by atoms with Crippen molar-refractivity contribution in [3.05, 3.63) is 12.2 Å². The Labute approximate surface area is 144 Å². The van der Waals surface area contributed by atoms with E-state index < -0.39 is 30.4 Å². The first-order valence-corrected chi connectivity index (χ1v) is 8.87. The molecule has 0 aliphatic rings. The molecule has 0 bridgehead atoms. The fourth-order valence-electron chi connectivity index (χ4n) is 1.95. The van der Waals surface area contributed by atoms with Gasteiger partial charge in [-0.1, -0.05) is 52.2 Å². The quantitative estimate of drug-likeness (QED) is 0.231. The molecule has 140 valence electrons. The van der Waals surface area contributed by atoms with Gasteiger partial charge in [-0.2, -0.15) is 0 Å². The molecule has 3 unspecified atom stereocenters. The van der Waals surface area contributed by atoms with Crippen LogP contribution in [-0.2, 0) is 19.1 Å². The smallest absolute Gasteiger partial charge is 0.315 e. The lowest BCUT2D eigenvalue weighted by molar-refractivity contribution is -0.178. The third-order valence-corrected chi connectivity index (χ3v) is 3.50. The van der Waals surface area contributed by atoms with Gasteiger partial charge in [-0.25, -0.2) is 0 Å². The monoisotopic (exact) mass is 344 g/mol. The number of carbonyl (C=O) groups excluding carboxylic acids is 2. The van der Waals surface area contributed by atoms with Gasteiger partial charge in [0.05, 0.1) is 12.3 Å². The topological polar surface area (TPSA) is 93.1 Å². The molecule has 24 heavy (non-hydrogen) atoms. The Hall–Kier alpha value is -1.40. The van der Waals surface area contributed by atoms with E-state index in [4.69, 9.17) is 9.47 Å². The van der Waals surface area contributed by atoms with Gasteiger partial charge in [0.15, 0.2) is 12.6 Å². The summed E-state index contributed by atoms with van der Waals surface area (Å²) in [5.74, 6) is -2.17. The minimum Gasteiger partial charge on any atom is -0.436 e. The van der Waals surface area contributed by atoms with Gasteiger partial charge in [0.25, 0.3) is 0 Å². The zero-order chi connectivity index (χ0) is 18.4. The number of ether oxygens (including phenoxy) is 2. The number of rotatable bonds is 13. The number of aliphatic hydroxyl groups excluding tert-OH is 2. The maximum atomic E-state index is 12.1. The van der Waals surface area contributed by atoms with Crippen LogP contribution in [0, 0.1) is 5.92 Å². The van der Waals surface area contributed by atoms with Gasteiger partial charge in [-0.05, 0) is 12.8 Å². The van der Waals surface area contributed by atoms with Crippen molar-refractivity contribution >= 4 is 11.9 Å². The van der Waals surface area contributed by atoms with Crippen LogP contribution in [0.1, 0.15) is 72.1 Å². The maximum Gasteiger partial charge on any atom is 0.315 e. The summed E-state index contributed by atoms with van der Waals surface area (Å²) in [7, 11) is 0. The van der Waals surface area contributed by atoms with E-state index in [9.17, 15) is 19.8 Å². The van der Waals surface area contributed by atoms with Crippen molar-refractivity contribution in [3.8, 4) is 0 Å². The fourth-order valence-corrected chi connectivity index (χ4v) is 1.95. The zero-order valence-corrected chi connectivity index (χ0v) is 15.1. The second-order valence-electron chi connectivity index (χ2n) is 5.74. The summed E-state index contributed by atoms with van der Waals surface area (Å²) in [6.45, 7) is 5.50. The minimum absolute atomic E-state index is 0.224. The standard InChI is InChI=1S/C18H32O6/c1-4-7-8-9-10-11-12-14(18(22)24-16(20)6-3)13-17(21)23-15(19)5-2/h11-12,14-16,19-20H,4-10,13H2,1-3H3/b12-11+. The normalized spacial score (nSPS) is 15.0. The Morgan fingerprint density at radius 2 is 1.58 bits per heavy atom. The molecule has 0 saturated heterocycles. The molecule has 0 rings (SSSR count). The molecule has 6 heteroatoms. The molecule has 0 amide bonds. The number of allylic oxidation sites excluding steroid dienone is 1. The van der Waals surface area contributed by atoms with Crippen LogP contribution in [0.25, 0.3) is 0 Å². The van der Waals surface area contributed by atoms with E-state index in [1.807, 2.05) is 6.08 Å². The number of aliphatic hydroxyl groups is 2. The van der Waals surface area contributed by atoms with E-state index in [2.05, 4.69) is 6.92 Å². The van der Waals surface area contributed by atoms with Crippen molar-refractivity contribution in [1.82, 2.24) is 0 Å². The van der Waals surface area contributed by atoms with Gasteiger partial charge in [-0.15, -0.1) is 0 Å². The highest BCUT2D eigenvalue weighted by atomic mass is 16.6. The van der Waals surface area contributed by atoms with Crippen LogP contribution >= 0.6 is 0 Å². The number of hydrogen-bond acceptors (Lipinski definition) is 6. The lowest BCUT2D eigenvalue weighted by Crippen LogP contribution is -2.26. The first-order valence-electron chi connectivity index (χ1n) is 8.87. The van der Waals surface area contributed by atoms with Crippen molar-refractivity contribution in [2.24, 2.45) is 5.92 Å². The molecule has 0 radical (unpaired) electrons. The van der Waals surface area contributed by atoms with Gasteiger partial charge in [0.2, 0.25) is 0 Å². The van der Waals surface area contributed by atoms with E-state index in [-0.39, 0.29) is 19.3 Å². The first kappa shape index (κ1) is 22.6. The summed E-state index contributed by atoms with van der Waals surface area (Å²) < 4.78 is 9.67. The van der Waals surface area contributed by atoms with E-state index in [1.165, 1.54) is 6.42 Å². The average Bonchev–Trinajstić information content (AvgIpc) is 2.56. The lowest BCUT2D eigenvalue weighted by Gasteiger charge is -2.16. The van der Waals surface area contributed by atoms with E-state index in [0.29, 0.717) is 0 Å².